The van der Waals surface area contributed by atoms with Gasteiger partial charge in [0.25, 0.3) is 0 Å². The van der Waals surface area contributed by atoms with Crippen molar-refractivity contribution < 1.29 is 8.83 Å². The molecular weight excluding hydrogens is 727 g/mol. The van der Waals surface area contributed by atoms with E-state index >= 15 is 0 Å². The maximum absolute atomic E-state index is 6.16. The van der Waals surface area contributed by atoms with Crippen LogP contribution < -0.4 is 4.90 Å². The normalized spacial score (nSPS) is 11.8. The first kappa shape index (κ1) is 32.8. The van der Waals surface area contributed by atoms with Crippen molar-refractivity contribution in [2.45, 2.75) is 0 Å². The molecular formula is C54H33NO2S. The first-order valence-electron chi connectivity index (χ1n) is 19.6. The molecule has 0 aliphatic carbocycles. The summed E-state index contributed by atoms with van der Waals surface area (Å²) in [5.74, 6) is 0. The topological polar surface area (TPSA) is 29.5 Å². The minimum Gasteiger partial charge on any atom is -0.456 e. The third kappa shape index (κ3) is 5.27. The minimum absolute atomic E-state index is 0.902. The molecule has 0 spiro atoms. The maximum atomic E-state index is 6.16. The lowest BCUT2D eigenvalue weighted by atomic mass is 9.98. The third-order valence-electron chi connectivity index (χ3n) is 11.5. The van der Waals surface area contributed by atoms with Gasteiger partial charge in [0, 0.05) is 54.0 Å². The monoisotopic (exact) mass is 759 g/mol. The summed E-state index contributed by atoms with van der Waals surface area (Å²) in [5.41, 5.74) is 13.9. The van der Waals surface area contributed by atoms with Gasteiger partial charge < -0.3 is 13.7 Å². The van der Waals surface area contributed by atoms with Crippen LogP contribution in [0.3, 0.4) is 0 Å². The van der Waals surface area contributed by atoms with Gasteiger partial charge in [-0.3, -0.25) is 0 Å². The Bertz CT molecular complexity index is 3340. The summed E-state index contributed by atoms with van der Waals surface area (Å²) in [6.45, 7) is 0. The fraction of sp³-hybridized carbons (Fsp3) is 0. The molecule has 0 fully saturated rings. The number of hydrogen-bond acceptors (Lipinski definition) is 4. The van der Waals surface area contributed by atoms with Crippen LogP contribution in [0.25, 0.3) is 97.4 Å². The summed E-state index contributed by atoms with van der Waals surface area (Å²) in [4.78, 5) is 2.45. The van der Waals surface area contributed by atoms with Gasteiger partial charge in [-0.1, -0.05) is 133 Å². The molecule has 0 saturated carbocycles. The molecule has 3 heterocycles. The zero-order chi connectivity index (χ0) is 38.2. The highest BCUT2D eigenvalue weighted by Gasteiger charge is 2.23. The molecule has 0 unspecified atom stereocenters. The minimum atomic E-state index is 0.902. The van der Waals surface area contributed by atoms with Crippen molar-refractivity contribution in [2.24, 2.45) is 0 Å². The number of fused-ring (bicyclic) bond motifs is 9. The van der Waals surface area contributed by atoms with Crippen LogP contribution in [0, 0.1) is 0 Å². The largest absolute Gasteiger partial charge is 0.456 e. The number of anilines is 3. The van der Waals surface area contributed by atoms with E-state index in [0.29, 0.717) is 0 Å². The average Bonchev–Trinajstić information content (AvgIpc) is 3.98. The summed E-state index contributed by atoms with van der Waals surface area (Å²) >= 11 is 1.86. The second kappa shape index (κ2) is 13.1. The van der Waals surface area contributed by atoms with Crippen molar-refractivity contribution in [3.8, 4) is 33.4 Å². The summed E-state index contributed by atoms with van der Waals surface area (Å²) in [6, 6.07) is 71.7. The van der Waals surface area contributed by atoms with Gasteiger partial charge >= 0.3 is 0 Å². The van der Waals surface area contributed by atoms with Crippen LogP contribution in [0.5, 0.6) is 0 Å². The van der Waals surface area contributed by atoms with Crippen molar-refractivity contribution >= 4 is 92.4 Å². The Morgan fingerprint density at radius 3 is 1.40 bits per heavy atom. The van der Waals surface area contributed by atoms with E-state index in [4.69, 9.17) is 8.83 Å². The molecule has 272 valence electrons. The van der Waals surface area contributed by atoms with Crippen molar-refractivity contribution in [1.82, 2.24) is 0 Å². The van der Waals surface area contributed by atoms with Gasteiger partial charge in [-0.05, 0) is 94.5 Å². The SMILES string of the molecule is c1ccc(-c2ccc3c(sc4ccccc43)c2N(c2ccc(-c3ccc4oc5ccccc5c4c3)cc2)c2ccc(-c3ccc4oc5ccccc5c4c3)cc2)cc1. The van der Waals surface area contributed by atoms with Crippen LogP contribution in [0.15, 0.2) is 209 Å². The highest BCUT2D eigenvalue weighted by Crippen LogP contribution is 2.50. The highest BCUT2D eigenvalue weighted by molar-refractivity contribution is 7.26. The fourth-order valence-electron chi connectivity index (χ4n) is 8.67. The van der Waals surface area contributed by atoms with Gasteiger partial charge in [0.05, 0.1) is 10.4 Å². The maximum Gasteiger partial charge on any atom is 0.135 e. The number of para-hydroxylation sites is 2. The Balaban J connectivity index is 1.04. The van der Waals surface area contributed by atoms with Gasteiger partial charge in [0.2, 0.25) is 0 Å². The highest BCUT2D eigenvalue weighted by atomic mass is 32.1. The summed E-state index contributed by atoms with van der Waals surface area (Å²) < 4.78 is 14.8. The van der Waals surface area contributed by atoms with Crippen molar-refractivity contribution in [3.05, 3.63) is 200 Å². The van der Waals surface area contributed by atoms with E-state index in [0.717, 1.165) is 77.5 Å². The number of benzene rings is 9. The molecule has 0 aliphatic heterocycles. The molecule has 58 heavy (non-hydrogen) atoms. The van der Waals surface area contributed by atoms with E-state index in [9.17, 15) is 0 Å². The van der Waals surface area contributed by atoms with Crippen molar-refractivity contribution in [2.75, 3.05) is 4.90 Å². The number of rotatable bonds is 6. The Morgan fingerprint density at radius 1 is 0.328 bits per heavy atom. The zero-order valence-corrected chi connectivity index (χ0v) is 32.0. The molecule has 3 aromatic heterocycles. The van der Waals surface area contributed by atoms with Crippen molar-refractivity contribution in [1.29, 1.82) is 0 Å². The molecule has 0 atom stereocenters. The molecule has 0 N–H and O–H groups in total. The Hall–Kier alpha value is -7.40. The lowest BCUT2D eigenvalue weighted by molar-refractivity contribution is 0.668. The van der Waals surface area contributed by atoms with Crippen LogP contribution >= 0.6 is 11.3 Å². The molecule has 0 aliphatic rings. The summed E-state index contributed by atoms with van der Waals surface area (Å²) in [5, 5.41) is 7.06. The predicted octanol–water partition coefficient (Wildman–Crippen LogP) is 16.3. The molecule has 9 aromatic carbocycles. The third-order valence-corrected chi connectivity index (χ3v) is 12.7. The van der Waals surface area contributed by atoms with E-state index in [1.165, 1.54) is 37.0 Å². The second-order valence-corrected chi connectivity index (χ2v) is 15.9. The van der Waals surface area contributed by atoms with Gasteiger partial charge in [-0.2, -0.15) is 0 Å². The first-order chi connectivity index (χ1) is 28.7. The molecule has 3 nitrogen and oxygen atoms in total. The molecule has 0 bridgehead atoms. The summed E-state index contributed by atoms with van der Waals surface area (Å²) in [7, 11) is 0. The smallest absolute Gasteiger partial charge is 0.135 e. The fourth-order valence-corrected chi connectivity index (χ4v) is 9.91. The lowest BCUT2D eigenvalue weighted by Gasteiger charge is -2.29. The standard InChI is InChI=1S/C54H33NO2S/c1-2-10-36(11-3-1)41-28-29-45-44-14-6-9-17-52(44)58-54(45)53(41)55(39-24-18-34(19-25-39)37-22-30-50-46(32-37)42-12-4-7-15-48(42)56-50)40-26-20-35(21-27-40)38-23-31-51-47(33-38)43-13-5-8-16-49(43)57-51/h1-33H. The zero-order valence-electron chi connectivity index (χ0n) is 31.2. The van der Waals surface area contributed by atoms with Crippen LogP contribution in [0.4, 0.5) is 17.1 Å². The number of furan rings is 2. The predicted molar refractivity (Wildman–Crippen MR) is 245 cm³/mol. The first-order valence-corrected chi connectivity index (χ1v) is 20.4. The number of hydrogen-bond donors (Lipinski definition) is 0. The van der Waals surface area contributed by atoms with E-state index in [-0.39, 0.29) is 0 Å². The van der Waals surface area contributed by atoms with E-state index in [1.807, 2.05) is 35.6 Å². The van der Waals surface area contributed by atoms with Crippen LogP contribution in [-0.2, 0) is 0 Å². The van der Waals surface area contributed by atoms with E-state index in [1.54, 1.807) is 0 Å². The quantitative estimate of drug-likeness (QED) is 0.169. The van der Waals surface area contributed by atoms with Gasteiger partial charge in [0.15, 0.2) is 0 Å². The molecule has 0 radical (unpaired) electrons. The van der Waals surface area contributed by atoms with E-state index in [2.05, 4.69) is 181 Å². The number of nitrogens with zero attached hydrogens (tertiary/aromatic N) is 1. The second-order valence-electron chi connectivity index (χ2n) is 14.9. The Labute approximate surface area is 338 Å². The van der Waals surface area contributed by atoms with Crippen molar-refractivity contribution in [3.63, 3.8) is 0 Å². The van der Waals surface area contributed by atoms with E-state index < -0.39 is 0 Å². The Morgan fingerprint density at radius 2 is 0.810 bits per heavy atom. The van der Waals surface area contributed by atoms with Gasteiger partial charge in [0.1, 0.15) is 22.3 Å². The molecule has 12 aromatic rings. The molecule has 4 heteroatoms. The summed E-state index contributed by atoms with van der Waals surface area (Å²) in [6.07, 6.45) is 0. The average molecular weight is 760 g/mol. The van der Waals surface area contributed by atoms with Crippen LogP contribution in [0.2, 0.25) is 0 Å². The van der Waals surface area contributed by atoms with Crippen LogP contribution in [-0.4, -0.2) is 0 Å². The van der Waals surface area contributed by atoms with Gasteiger partial charge in [-0.15, -0.1) is 11.3 Å². The molecule has 12 rings (SSSR count). The van der Waals surface area contributed by atoms with Gasteiger partial charge in [-0.25, -0.2) is 0 Å². The number of thiophene rings is 1. The Kier molecular flexibility index (Phi) is 7.40. The molecule has 0 saturated heterocycles. The van der Waals surface area contributed by atoms with Crippen LogP contribution in [0.1, 0.15) is 0 Å². The lowest BCUT2D eigenvalue weighted by Crippen LogP contribution is -2.11. The molecule has 0 amide bonds.